The van der Waals surface area contributed by atoms with Gasteiger partial charge in [0.05, 0.1) is 5.25 Å². The highest BCUT2D eigenvalue weighted by molar-refractivity contribution is 7.90. The Balaban J connectivity index is 2.76. The van der Waals surface area contributed by atoms with Crippen LogP contribution in [0.5, 0.6) is 0 Å². The van der Waals surface area contributed by atoms with Crippen molar-refractivity contribution in [3.8, 4) is 0 Å². The van der Waals surface area contributed by atoms with E-state index < -0.39 is 10.0 Å². The van der Waals surface area contributed by atoms with Gasteiger partial charge in [-0.25, -0.2) is 13.1 Å². The van der Waals surface area contributed by atoms with Crippen LogP contribution in [-0.4, -0.2) is 44.7 Å². The van der Waals surface area contributed by atoms with Gasteiger partial charge in [-0.3, -0.25) is 0 Å². The Kier molecular flexibility index (Phi) is 5.21. The Morgan fingerprint density at radius 1 is 1.39 bits per heavy atom. The first-order valence-electron chi connectivity index (χ1n) is 6.85. The van der Waals surface area contributed by atoms with E-state index in [0.29, 0.717) is 12.5 Å². The van der Waals surface area contributed by atoms with Gasteiger partial charge < -0.3 is 4.90 Å². The predicted octanol–water partition coefficient (Wildman–Crippen LogP) is 1.82. The quantitative estimate of drug-likeness (QED) is 0.833. The van der Waals surface area contributed by atoms with Crippen molar-refractivity contribution in [2.45, 2.75) is 57.2 Å². The van der Waals surface area contributed by atoms with E-state index in [4.69, 9.17) is 0 Å². The van der Waals surface area contributed by atoms with Crippen molar-refractivity contribution in [2.24, 2.45) is 5.92 Å². The normalized spacial score (nSPS) is 30.1. The molecule has 0 bridgehead atoms. The van der Waals surface area contributed by atoms with E-state index in [-0.39, 0.29) is 10.8 Å². The zero-order chi connectivity index (χ0) is 14.0. The van der Waals surface area contributed by atoms with Crippen LogP contribution >= 0.6 is 0 Å². The molecule has 0 amide bonds. The van der Waals surface area contributed by atoms with E-state index >= 15 is 0 Å². The molecule has 0 spiro atoms. The highest BCUT2D eigenvalue weighted by Gasteiger charge is 2.37. The third kappa shape index (κ3) is 3.68. The Morgan fingerprint density at radius 3 is 2.44 bits per heavy atom. The molecule has 0 aliphatic heterocycles. The molecule has 1 fully saturated rings. The fourth-order valence-corrected chi connectivity index (χ4v) is 3.56. The standard InChI is InChI=1S/C13H28N2O2S/c1-11(2)18(16,17)14-10-13(15(4)5)8-6-7-12(3)9-13/h11-12,14H,6-10H2,1-5H3. The number of nitrogens with one attached hydrogen (secondary N) is 1. The molecule has 4 nitrogen and oxygen atoms in total. The molecule has 5 heteroatoms. The molecule has 0 aromatic heterocycles. The summed E-state index contributed by atoms with van der Waals surface area (Å²) in [4.78, 5) is 2.20. The van der Waals surface area contributed by atoms with Crippen molar-refractivity contribution in [3.05, 3.63) is 0 Å². The largest absolute Gasteiger partial charge is 0.302 e. The van der Waals surface area contributed by atoms with Crippen LogP contribution < -0.4 is 4.72 Å². The lowest BCUT2D eigenvalue weighted by Crippen LogP contribution is -2.55. The number of sulfonamides is 1. The van der Waals surface area contributed by atoms with Crippen LogP contribution in [0.3, 0.4) is 0 Å². The summed E-state index contributed by atoms with van der Waals surface area (Å²) >= 11 is 0. The molecule has 0 aromatic carbocycles. The second-order valence-electron chi connectivity index (χ2n) is 6.24. The summed E-state index contributed by atoms with van der Waals surface area (Å²) in [6.07, 6.45) is 4.58. The zero-order valence-corrected chi connectivity index (χ0v) is 13.2. The minimum absolute atomic E-state index is 0.0143. The maximum absolute atomic E-state index is 11.9. The van der Waals surface area contributed by atoms with Crippen LogP contribution in [0.25, 0.3) is 0 Å². The van der Waals surface area contributed by atoms with Gasteiger partial charge in [0.25, 0.3) is 0 Å². The van der Waals surface area contributed by atoms with Crippen molar-refractivity contribution in [2.75, 3.05) is 20.6 Å². The Hall–Kier alpha value is -0.130. The molecule has 2 atom stereocenters. The van der Waals surface area contributed by atoms with E-state index in [0.717, 1.165) is 12.8 Å². The topological polar surface area (TPSA) is 49.4 Å². The predicted molar refractivity (Wildman–Crippen MR) is 76.1 cm³/mol. The van der Waals surface area contributed by atoms with Crippen LogP contribution in [0.1, 0.15) is 46.5 Å². The fraction of sp³-hybridized carbons (Fsp3) is 1.00. The summed E-state index contributed by atoms with van der Waals surface area (Å²) in [5, 5.41) is -0.363. The van der Waals surface area contributed by atoms with Gasteiger partial charge >= 0.3 is 0 Å². The molecule has 1 N–H and O–H groups in total. The third-order valence-electron chi connectivity index (χ3n) is 4.24. The molecule has 108 valence electrons. The molecular weight excluding hydrogens is 248 g/mol. The first kappa shape index (κ1) is 15.9. The lowest BCUT2D eigenvalue weighted by molar-refractivity contribution is 0.0805. The van der Waals surface area contributed by atoms with Gasteiger partial charge in [0.15, 0.2) is 0 Å². The third-order valence-corrected chi connectivity index (χ3v) is 6.03. The Labute approximate surface area is 112 Å². The van der Waals surface area contributed by atoms with Crippen LogP contribution in [0, 0.1) is 5.92 Å². The van der Waals surface area contributed by atoms with Crippen LogP contribution in [-0.2, 0) is 10.0 Å². The lowest BCUT2D eigenvalue weighted by atomic mass is 9.75. The second kappa shape index (κ2) is 5.88. The molecule has 0 heterocycles. The molecule has 1 saturated carbocycles. The molecule has 0 radical (unpaired) electrons. The van der Waals surface area contributed by atoms with Crippen LogP contribution in [0.4, 0.5) is 0 Å². The minimum atomic E-state index is -3.16. The molecule has 18 heavy (non-hydrogen) atoms. The summed E-state index contributed by atoms with van der Waals surface area (Å²) in [6.45, 7) is 6.22. The summed E-state index contributed by atoms with van der Waals surface area (Å²) in [5.41, 5.74) is -0.0143. The SMILES string of the molecule is CC1CCCC(CNS(=O)(=O)C(C)C)(N(C)C)C1. The molecule has 0 aromatic rings. The fourth-order valence-electron chi connectivity index (χ4n) is 2.76. The highest BCUT2D eigenvalue weighted by atomic mass is 32.2. The second-order valence-corrected chi connectivity index (χ2v) is 8.56. The maximum atomic E-state index is 11.9. The van der Waals surface area contributed by atoms with Crippen LogP contribution in [0.2, 0.25) is 0 Å². The van der Waals surface area contributed by atoms with Crippen molar-refractivity contribution in [3.63, 3.8) is 0 Å². The molecule has 1 aliphatic carbocycles. The summed E-state index contributed by atoms with van der Waals surface area (Å²) in [7, 11) is 0.951. The molecule has 2 unspecified atom stereocenters. The first-order valence-corrected chi connectivity index (χ1v) is 8.40. The summed E-state index contributed by atoms with van der Waals surface area (Å²) < 4.78 is 26.6. The smallest absolute Gasteiger partial charge is 0.213 e. The van der Waals surface area contributed by atoms with Gasteiger partial charge in [-0.2, -0.15) is 0 Å². The van der Waals surface area contributed by atoms with Crippen molar-refractivity contribution in [1.82, 2.24) is 9.62 Å². The monoisotopic (exact) mass is 276 g/mol. The molecule has 1 aliphatic rings. The molecular formula is C13H28N2O2S. The van der Waals surface area contributed by atoms with Crippen molar-refractivity contribution < 1.29 is 8.42 Å². The van der Waals surface area contributed by atoms with Gasteiger partial charge in [-0.05, 0) is 46.7 Å². The highest BCUT2D eigenvalue weighted by Crippen LogP contribution is 2.35. The average Bonchev–Trinajstić information content (AvgIpc) is 2.26. The number of hydrogen-bond acceptors (Lipinski definition) is 3. The zero-order valence-electron chi connectivity index (χ0n) is 12.4. The molecule has 0 saturated heterocycles. The van der Waals surface area contributed by atoms with E-state index in [1.807, 2.05) is 0 Å². The van der Waals surface area contributed by atoms with E-state index in [9.17, 15) is 8.42 Å². The van der Waals surface area contributed by atoms with Crippen LogP contribution in [0.15, 0.2) is 0 Å². The minimum Gasteiger partial charge on any atom is -0.302 e. The van der Waals surface area contributed by atoms with Gasteiger partial charge in [0.2, 0.25) is 10.0 Å². The summed E-state index contributed by atoms with van der Waals surface area (Å²) in [6, 6.07) is 0. The van der Waals surface area contributed by atoms with Gasteiger partial charge in [0, 0.05) is 12.1 Å². The van der Waals surface area contributed by atoms with Crippen molar-refractivity contribution in [1.29, 1.82) is 0 Å². The number of rotatable bonds is 5. The van der Waals surface area contributed by atoms with Gasteiger partial charge in [-0.1, -0.05) is 19.8 Å². The Morgan fingerprint density at radius 2 is 2.00 bits per heavy atom. The lowest BCUT2D eigenvalue weighted by Gasteiger charge is -2.45. The van der Waals surface area contributed by atoms with Gasteiger partial charge in [0.1, 0.15) is 0 Å². The van der Waals surface area contributed by atoms with Gasteiger partial charge in [-0.15, -0.1) is 0 Å². The van der Waals surface area contributed by atoms with E-state index in [1.165, 1.54) is 12.8 Å². The van der Waals surface area contributed by atoms with E-state index in [1.54, 1.807) is 13.8 Å². The maximum Gasteiger partial charge on any atom is 0.213 e. The Bertz CT molecular complexity index is 365. The summed E-state index contributed by atoms with van der Waals surface area (Å²) in [5.74, 6) is 0.671. The van der Waals surface area contributed by atoms with E-state index in [2.05, 4.69) is 30.6 Å². The average molecular weight is 276 g/mol. The number of hydrogen-bond donors (Lipinski definition) is 1. The molecule has 1 rings (SSSR count). The number of likely N-dealkylation sites (N-methyl/N-ethyl adjacent to an activating group) is 1. The number of nitrogens with zero attached hydrogens (tertiary/aromatic N) is 1. The first-order chi connectivity index (χ1) is 8.19. The van der Waals surface area contributed by atoms with Crippen molar-refractivity contribution >= 4 is 10.0 Å².